The summed E-state index contributed by atoms with van der Waals surface area (Å²) in [5.41, 5.74) is 1.37. The quantitative estimate of drug-likeness (QED) is 0.266. The van der Waals surface area contributed by atoms with E-state index in [-0.39, 0.29) is 18.3 Å². The summed E-state index contributed by atoms with van der Waals surface area (Å²) in [6.45, 7) is 6.39. The monoisotopic (exact) mass is 522 g/mol. The molecule has 1 N–H and O–H groups in total. The van der Waals surface area contributed by atoms with Crippen LogP contribution < -0.4 is 19.5 Å². The summed E-state index contributed by atoms with van der Waals surface area (Å²) >= 11 is 13.4. The number of aromatic nitrogens is 3. The number of amides is 1. The van der Waals surface area contributed by atoms with E-state index in [9.17, 15) is 4.79 Å². The van der Waals surface area contributed by atoms with E-state index in [4.69, 9.17) is 37.4 Å². The molecule has 180 valence electrons. The topological polar surface area (TPSA) is 87.5 Å². The Bertz CT molecular complexity index is 1190. The molecule has 0 aliphatic heterocycles. The first-order chi connectivity index (χ1) is 16.4. The van der Waals surface area contributed by atoms with Gasteiger partial charge in [0.1, 0.15) is 23.9 Å². The second-order valence-corrected chi connectivity index (χ2v) is 8.81. The highest BCUT2D eigenvalue weighted by molar-refractivity contribution is 7.99. The van der Waals surface area contributed by atoms with Crippen LogP contribution in [0.15, 0.2) is 48.1 Å². The van der Waals surface area contributed by atoms with Crippen molar-refractivity contribution in [1.82, 2.24) is 14.8 Å². The largest absolute Gasteiger partial charge is 0.495 e. The minimum Gasteiger partial charge on any atom is -0.495 e. The molecule has 0 saturated carbocycles. The fraction of sp³-hybridized carbons (Fsp3) is 0.261. The number of carbonyl (C=O) groups is 1. The number of aryl methyl sites for hydroxylation is 1. The predicted molar refractivity (Wildman–Crippen MR) is 135 cm³/mol. The number of hydrogen-bond acceptors (Lipinski definition) is 7. The molecule has 0 spiro atoms. The number of allylic oxidation sites excluding steroid dienone is 1. The van der Waals surface area contributed by atoms with Gasteiger partial charge in [-0.3, -0.25) is 9.36 Å². The standard InChI is InChI=1S/C23H24Cl2N4O4S/c1-5-8-29-21(12-33-18-7-6-15(24)9-14(18)2)27-28-23(29)34-13-22(30)26-17-11-19(31-3)16(25)10-20(17)32-4/h5-7,9-11H,1,8,12-13H2,2-4H3,(H,26,30). The Morgan fingerprint density at radius 2 is 1.91 bits per heavy atom. The van der Waals surface area contributed by atoms with Crippen molar-refractivity contribution >= 4 is 46.6 Å². The van der Waals surface area contributed by atoms with Crippen LogP contribution in [0.25, 0.3) is 0 Å². The minimum atomic E-state index is -0.254. The fourth-order valence-electron chi connectivity index (χ4n) is 3.04. The van der Waals surface area contributed by atoms with Gasteiger partial charge < -0.3 is 19.5 Å². The number of halogens is 2. The highest BCUT2D eigenvalue weighted by atomic mass is 35.5. The molecular formula is C23H24Cl2N4O4S. The molecule has 8 nitrogen and oxygen atoms in total. The number of anilines is 1. The Balaban J connectivity index is 1.67. The third kappa shape index (κ3) is 6.37. The molecule has 34 heavy (non-hydrogen) atoms. The van der Waals surface area contributed by atoms with E-state index in [0.29, 0.717) is 50.5 Å². The second kappa shape index (κ2) is 12.0. The van der Waals surface area contributed by atoms with Crippen LogP contribution in [0.4, 0.5) is 5.69 Å². The van der Waals surface area contributed by atoms with Crippen LogP contribution in [0.5, 0.6) is 17.2 Å². The van der Waals surface area contributed by atoms with Crippen molar-refractivity contribution in [3.8, 4) is 17.2 Å². The Hall–Kier alpha value is -2.88. The molecule has 1 heterocycles. The van der Waals surface area contributed by atoms with Gasteiger partial charge in [-0.05, 0) is 30.7 Å². The van der Waals surface area contributed by atoms with Crippen molar-refractivity contribution in [2.75, 3.05) is 25.3 Å². The van der Waals surface area contributed by atoms with Crippen molar-refractivity contribution in [1.29, 1.82) is 0 Å². The van der Waals surface area contributed by atoms with Gasteiger partial charge in [-0.1, -0.05) is 41.0 Å². The van der Waals surface area contributed by atoms with Crippen LogP contribution in [0, 0.1) is 6.92 Å². The van der Waals surface area contributed by atoms with Gasteiger partial charge in [0.15, 0.2) is 11.0 Å². The first kappa shape index (κ1) is 25.7. The first-order valence-corrected chi connectivity index (χ1v) is 11.9. The Labute approximate surface area is 212 Å². The maximum Gasteiger partial charge on any atom is 0.234 e. The normalized spacial score (nSPS) is 10.6. The summed E-state index contributed by atoms with van der Waals surface area (Å²) in [6, 6.07) is 8.60. The van der Waals surface area contributed by atoms with Crippen molar-refractivity contribution in [2.24, 2.45) is 0 Å². The van der Waals surface area contributed by atoms with E-state index in [1.54, 1.807) is 24.3 Å². The van der Waals surface area contributed by atoms with Crippen LogP contribution in [-0.2, 0) is 17.9 Å². The van der Waals surface area contributed by atoms with E-state index in [1.807, 2.05) is 23.6 Å². The lowest BCUT2D eigenvalue weighted by molar-refractivity contribution is -0.113. The zero-order valence-corrected chi connectivity index (χ0v) is 21.3. The van der Waals surface area contributed by atoms with Crippen molar-refractivity contribution in [3.05, 3.63) is 64.4 Å². The summed E-state index contributed by atoms with van der Waals surface area (Å²) in [7, 11) is 2.99. The average Bonchev–Trinajstić information content (AvgIpc) is 3.19. The van der Waals surface area contributed by atoms with Gasteiger partial charge in [-0.2, -0.15) is 0 Å². The lowest BCUT2D eigenvalue weighted by Crippen LogP contribution is -2.15. The number of thioether (sulfide) groups is 1. The number of nitrogens with one attached hydrogen (secondary N) is 1. The molecular weight excluding hydrogens is 499 g/mol. The van der Waals surface area contributed by atoms with Gasteiger partial charge in [0.05, 0.1) is 30.7 Å². The number of carbonyl (C=O) groups excluding carboxylic acids is 1. The third-order valence-electron chi connectivity index (χ3n) is 4.68. The summed E-state index contributed by atoms with van der Waals surface area (Å²) < 4.78 is 18.3. The van der Waals surface area contributed by atoms with Crippen LogP contribution in [0.3, 0.4) is 0 Å². The minimum absolute atomic E-state index is 0.0977. The van der Waals surface area contributed by atoms with E-state index < -0.39 is 0 Å². The maximum atomic E-state index is 12.6. The number of nitrogens with zero attached hydrogens (tertiary/aromatic N) is 3. The average molecular weight is 523 g/mol. The highest BCUT2D eigenvalue weighted by Crippen LogP contribution is 2.36. The molecule has 1 aromatic heterocycles. The summed E-state index contributed by atoms with van der Waals surface area (Å²) in [4.78, 5) is 12.6. The van der Waals surface area contributed by atoms with Crippen LogP contribution >= 0.6 is 35.0 Å². The second-order valence-electron chi connectivity index (χ2n) is 7.02. The molecule has 0 unspecified atom stereocenters. The van der Waals surface area contributed by atoms with Gasteiger partial charge in [0, 0.05) is 23.7 Å². The molecule has 0 atom stereocenters. The molecule has 1 amide bonds. The number of ether oxygens (including phenoxy) is 3. The zero-order valence-electron chi connectivity index (χ0n) is 18.9. The lowest BCUT2D eigenvalue weighted by Gasteiger charge is -2.13. The van der Waals surface area contributed by atoms with E-state index in [2.05, 4.69) is 22.1 Å². The smallest absolute Gasteiger partial charge is 0.234 e. The molecule has 3 rings (SSSR count). The Kier molecular flexibility index (Phi) is 9.09. The van der Waals surface area contributed by atoms with E-state index >= 15 is 0 Å². The molecule has 0 radical (unpaired) electrons. The first-order valence-electron chi connectivity index (χ1n) is 10.1. The molecule has 3 aromatic rings. The number of benzene rings is 2. The molecule has 0 bridgehead atoms. The molecule has 0 fully saturated rings. The SMILES string of the molecule is C=CCn1c(COc2ccc(Cl)cc2C)nnc1SCC(=O)Nc1cc(OC)c(Cl)cc1OC. The molecule has 2 aromatic carbocycles. The van der Waals surface area contributed by atoms with Crippen LogP contribution in [0.2, 0.25) is 10.0 Å². The summed E-state index contributed by atoms with van der Waals surface area (Å²) in [6.07, 6.45) is 1.73. The van der Waals surface area contributed by atoms with Gasteiger partial charge in [0.2, 0.25) is 5.91 Å². The molecule has 11 heteroatoms. The highest BCUT2D eigenvalue weighted by Gasteiger charge is 2.17. The molecule has 0 aliphatic rings. The van der Waals surface area contributed by atoms with Gasteiger partial charge in [-0.15, -0.1) is 16.8 Å². The fourth-order valence-corrected chi connectivity index (χ4v) is 4.26. The third-order valence-corrected chi connectivity index (χ3v) is 6.18. The van der Waals surface area contributed by atoms with Crippen molar-refractivity contribution < 1.29 is 19.0 Å². The van der Waals surface area contributed by atoms with Gasteiger partial charge in [-0.25, -0.2) is 0 Å². The van der Waals surface area contributed by atoms with Crippen LogP contribution in [0.1, 0.15) is 11.4 Å². The Morgan fingerprint density at radius 3 is 2.59 bits per heavy atom. The Morgan fingerprint density at radius 1 is 1.15 bits per heavy atom. The van der Waals surface area contributed by atoms with Crippen molar-refractivity contribution in [3.63, 3.8) is 0 Å². The number of methoxy groups -OCH3 is 2. The maximum absolute atomic E-state index is 12.6. The molecule has 0 saturated heterocycles. The number of hydrogen-bond donors (Lipinski definition) is 1. The van der Waals surface area contributed by atoms with E-state index in [1.165, 1.54) is 26.0 Å². The lowest BCUT2D eigenvalue weighted by atomic mass is 10.2. The van der Waals surface area contributed by atoms with Gasteiger partial charge in [0.25, 0.3) is 0 Å². The van der Waals surface area contributed by atoms with Crippen molar-refractivity contribution in [2.45, 2.75) is 25.2 Å². The predicted octanol–water partition coefficient (Wildman–Crippen LogP) is 5.41. The molecule has 0 aliphatic carbocycles. The summed E-state index contributed by atoms with van der Waals surface area (Å²) in [5, 5.41) is 12.9. The zero-order chi connectivity index (χ0) is 24.7. The van der Waals surface area contributed by atoms with Crippen LogP contribution in [-0.4, -0.2) is 40.6 Å². The number of rotatable bonds is 11. The summed E-state index contributed by atoms with van der Waals surface area (Å²) in [5.74, 6) is 2.02. The van der Waals surface area contributed by atoms with Gasteiger partial charge >= 0.3 is 0 Å². The van der Waals surface area contributed by atoms with E-state index in [0.717, 1.165) is 5.56 Å².